The van der Waals surface area contributed by atoms with Gasteiger partial charge in [-0.3, -0.25) is 0 Å². The molecule has 1 aromatic carbocycles. The van der Waals surface area contributed by atoms with E-state index in [4.69, 9.17) is 0 Å². The van der Waals surface area contributed by atoms with Crippen LogP contribution < -0.4 is 0 Å². The van der Waals surface area contributed by atoms with Crippen molar-refractivity contribution < 1.29 is 0 Å². The van der Waals surface area contributed by atoms with Gasteiger partial charge in [-0.05, 0) is 30.4 Å². The molecule has 0 aliphatic rings. The molecular formula is C15H24. The zero-order chi connectivity index (χ0) is 10.9. The first-order valence-corrected chi connectivity index (χ1v) is 6.45. The van der Waals surface area contributed by atoms with Gasteiger partial charge in [0.15, 0.2) is 0 Å². The average Bonchev–Trinajstić information content (AvgIpc) is 2.27. The number of rotatable bonds is 7. The molecule has 0 spiro atoms. The van der Waals surface area contributed by atoms with E-state index in [9.17, 15) is 0 Å². The summed E-state index contributed by atoms with van der Waals surface area (Å²) in [5.74, 6) is 0. The fourth-order valence-electron chi connectivity index (χ4n) is 2.06. The van der Waals surface area contributed by atoms with Gasteiger partial charge < -0.3 is 0 Å². The summed E-state index contributed by atoms with van der Waals surface area (Å²) in [6.07, 6.45) is 9.23. The highest BCUT2D eigenvalue weighted by molar-refractivity contribution is 5.27. The van der Waals surface area contributed by atoms with Gasteiger partial charge in [-0.25, -0.2) is 0 Å². The molecule has 0 bridgehead atoms. The third-order valence-corrected chi connectivity index (χ3v) is 2.94. The smallest absolute Gasteiger partial charge is 0.0276 e. The van der Waals surface area contributed by atoms with E-state index in [0.29, 0.717) is 0 Å². The van der Waals surface area contributed by atoms with Crippen molar-refractivity contribution in [3.8, 4) is 0 Å². The highest BCUT2D eigenvalue weighted by atomic mass is 14.1. The van der Waals surface area contributed by atoms with Crippen LogP contribution in [0.2, 0.25) is 0 Å². The van der Waals surface area contributed by atoms with E-state index in [0.717, 1.165) is 0 Å². The SMILES string of the molecule is CCCCCCc1ccccc1CCC. The molecule has 0 unspecified atom stereocenters. The quantitative estimate of drug-likeness (QED) is 0.562. The molecule has 0 aliphatic carbocycles. The molecular weight excluding hydrogens is 180 g/mol. The Balaban J connectivity index is 2.44. The van der Waals surface area contributed by atoms with Crippen LogP contribution in [0.4, 0.5) is 0 Å². The topological polar surface area (TPSA) is 0 Å². The Kier molecular flexibility index (Phi) is 6.15. The second-order valence-electron chi connectivity index (χ2n) is 4.33. The van der Waals surface area contributed by atoms with Crippen molar-refractivity contribution in [1.82, 2.24) is 0 Å². The lowest BCUT2D eigenvalue weighted by Gasteiger charge is -2.08. The summed E-state index contributed by atoms with van der Waals surface area (Å²) < 4.78 is 0. The zero-order valence-corrected chi connectivity index (χ0v) is 10.3. The number of aryl methyl sites for hydroxylation is 2. The molecule has 0 N–H and O–H groups in total. The van der Waals surface area contributed by atoms with E-state index in [1.807, 2.05) is 0 Å². The lowest BCUT2D eigenvalue weighted by Crippen LogP contribution is -1.94. The van der Waals surface area contributed by atoms with E-state index in [1.165, 1.54) is 44.9 Å². The predicted molar refractivity (Wildman–Crippen MR) is 68.3 cm³/mol. The van der Waals surface area contributed by atoms with Crippen LogP contribution in [-0.2, 0) is 12.8 Å². The largest absolute Gasteiger partial charge is 0.0654 e. The van der Waals surface area contributed by atoms with Gasteiger partial charge in [0.25, 0.3) is 0 Å². The van der Waals surface area contributed by atoms with Gasteiger partial charge in [0.1, 0.15) is 0 Å². The van der Waals surface area contributed by atoms with E-state index < -0.39 is 0 Å². The maximum Gasteiger partial charge on any atom is -0.0276 e. The molecule has 0 heterocycles. The Hall–Kier alpha value is -0.780. The van der Waals surface area contributed by atoms with Gasteiger partial charge in [-0.1, -0.05) is 63.8 Å². The molecule has 0 atom stereocenters. The monoisotopic (exact) mass is 204 g/mol. The first-order chi connectivity index (χ1) is 7.38. The van der Waals surface area contributed by atoms with E-state index in [-0.39, 0.29) is 0 Å². The molecule has 84 valence electrons. The molecule has 0 aliphatic heterocycles. The number of hydrogen-bond donors (Lipinski definition) is 0. The van der Waals surface area contributed by atoms with Gasteiger partial charge >= 0.3 is 0 Å². The van der Waals surface area contributed by atoms with Crippen molar-refractivity contribution in [3.63, 3.8) is 0 Å². The van der Waals surface area contributed by atoms with Crippen LogP contribution in [0.25, 0.3) is 0 Å². The minimum Gasteiger partial charge on any atom is -0.0654 e. The van der Waals surface area contributed by atoms with Crippen LogP contribution in [0.3, 0.4) is 0 Å². The number of hydrogen-bond acceptors (Lipinski definition) is 0. The van der Waals surface area contributed by atoms with E-state index >= 15 is 0 Å². The summed E-state index contributed by atoms with van der Waals surface area (Å²) in [7, 11) is 0. The second kappa shape index (κ2) is 7.50. The van der Waals surface area contributed by atoms with Gasteiger partial charge in [-0.2, -0.15) is 0 Å². The first kappa shape index (κ1) is 12.3. The third kappa shape index (κ3) is 4.51. The molecule has 1 rings (SSSR count). The Morgan fingerprint density at radius 1 is 0.733 bits per heavy atom. The minimum atomic E-state index is 1.24. The lowest BCUT2D eigenvalue weighted by molar-refractivity contribution is 0.664. The Morgan fingerprint density at radius 2 is 1.40 bits per heavy atom. The molecule has 0 heteroatoms. The summed E-state index contributed by atoms with van der Waals surface area (Å²) in [6, 6.07) is 8.93. The molecule has 15 heavy (non-hydrogen) atoms. The first-order valence-electron chi connectivity index (χ1n) is 6.45. The average molecular weight is 204 g/mol. The van der Waals surface area contributed by atoms with Gasteiger partial charge in [0.05, 0.1) is 0 Å². The molecule has 0 nitrogen and oxygen atoms in total. The second-order valence-corrected chi connectivity index (χ2v) is 4.33. The molecule has 0 saturated carbocycles. The predicted octanol–water partition coefficient (Wildman–Crippen LogP) is 4.76. The molecule has 0 amide bonds. The van der Waals surface area contributed by atoms with Crippen LogP contribution in [0, 0.1) is 0 Å². The van der Waals surface area contributed by atoms with Gasteiger partial charge in [0, 0.05) is 0 Å². The molecule has 0 radical (unpaired) electrons. The Morgan fingerprint density at radius 3 is 2.00 bits per heavy atom. The summed E-state index contributed by atoms with van der Waals surface area (Å²) in [5, 5.41) is 0. The van der Waals surface area contributed by atoms with Crippen molar-refractivity contribution in [2.45, 2.75) is 58.8 Å². The number of unbranched alkanes of at least 4 members (excludes halogenated alkanes) is 3. The summed E-state index contributed by atoms with van der Waals surface area (Å²) in [5.41, 5.74) is 3.15. The van der Waals surface area contributed by atoms with E-state index in [1.54, 1.807) is 11.1 Å². The van der Waals surface area contributed by atoms with Crippen molar-refractivity contribution in [1.29, 1.82) is 0 Å². The normalized spacial score (nSPS) is 10.5. The fourth-order valence-corrected chi connectivity index (χ4v) is 2.06. The fraction of sp³-hybridized carbons (Fsp3) is 0.600. The maximum absolute atomic E-state index is 2.30. The highest BCUT2D eigenvalue weighted by Crippen LogP contribution is 2.14. The Labute approximate surface area is 94.7 Å². The lowest BCUT2D eigenvalue weighted by atomic mass is 9.98. The van der Waals surface area contributed by atoms with Crippen molar-refractivity contribution in [3.05, 3.63) is 35.4 Å². The third-order valence-electron chi connectivity index (χ3n) is 2.94. The number of benzene rings is 1. The van der Waals surface area contributed by atoms with Crippen molar-refractivity contribution in [2.24, 2.45) is 0 Å². The van der Waals surface area contributed by atoms with Crippen LogP contribution in [0.15, 0.2) is 24.3 Å². The van der Waals surface area contributed by atoms with Gasteiger partial charge in [0.2, 0.25) is 0 Å². The van der Waals surface area contributed by atoms with Crippen LogP contribution in [0.5, 0.6) is 0 Å². The van der Waals surface area contributed by atoms with Gasteiger partial charge in [-0.15, -0.1) is 0 Å². The van der Waals surface area contributed by atoms with Crippen LogP contribution in [0.1, 0.15) is 57.1 Å². The summed E-state index contributed by atoms with van der Waals surface area (Å²) in [4.78, 5) is 0. The van der Waals surface area contributed by atoms with Crippen LogP contribution in [-0.4, -0.2) is 0 Å². The summed E-state index contributed by atoms with van der Waals surface area (Å²) in [6.45, 7) is 4.53. The standard InChI is InChI=1S/C15H24/c1-3-5-6-7-11-15-13-9-8-12-14(15)10-4-2/h8-9,12-13H,3-7,10-11H2,1-2H3. The van der Waals surface area contributed by atoms with Crippen molar-refractivity contribution in [2.75, 3.05) is 0 Å². The molecule has 0 saturated heterocycles. The van der Waals surface area contributed by atoms with Crippen LogP contribution >= 0.6 is 0 Å². The van der Waals surface area contributed by atoms with E-state index in [2.05, 4.69) is 38.1 Å². The highest BCUT2D eigenvalue weighted by Gasteiger charge is 2.00. The molecule has 1 aromatic rings. The molecule has 0 fully saturated rings. The van der Waals surface area contributed by atoms with Crippen molar-refractivity contribution >= 4 is 0 Å². The molecule has 0 aromatic heterocycles. The Bertz CT molecular complexity index is 262. The zero-order valence-electron chi connectivity index (χ0n) is 10.3. The minimum absolute atomic E-state index is 1.24. The maximum atomic E-state index is 2.30. The summed E-state index contributed by atoms with van der Waals surface area (Å²) >= 11 is 0.